The predicted octanol–water partition coefficient (Wildman–Crippen LogP) is 4.17. The van der Waals surface area contributed by atoms with Gasteiger partial charge in [0.1, 0.15) is 11.3 Å². The molecule has 0 aliphatic carbocycles. The average Bonchev–Trinajstić information content (AvgIpc) is 3.06. The lowest BCUT2D eigenvalue weighted by Gasteiger charge is -2.24. The van der Waals surface area contributed by atoms with Gasteiger partial charge in [-0.2, -0.15) is 5.10 Å². The van der Waals surface area contributed by atoms with Crippen molar-refractivity contribution < 1.29 is 9.13 Å². The summed E-state index contributed by atoms with van der Waals surface area (Å²) in [5.41, 5.74) is 6.93. The molecule has 3 aromatic rings. The Bertz CT molecular complexity index is 905. The average molecular weight is 347 g/mol. The minimum absolute atomic E-state index is 0.162. The number of nitrogens with two attached hydrogens (primary N) is 1. The maximum absolute atomic E-state index is 15.1. The van der Waals surface area contributed by atoms with Crippen molar-refractivity contribution in [2.24, 2.45) is 0 Å². The molecule has 0 radical (unpaired) electrons. The van der Waals surface area contributed by atoms with E-state index in [1.165, 1.54) is 6.07 Å². The van der Waals surface area contributed by atoms with Gasteiger partial charge in [-0.1, -0.05) is 17.7 Å². The van der Waals surface area contributed by atoms with Gasteiger partial charge in [-0.3, -0.25) is 0 Å². The van der Waals surface area contributed by atoms with Gasteiger partial charge in [0.15, 0.2) is 12.0 Å². The molecule has 1 aliphatic heterocycles. The minimum atomic E-state index is -0.459. The largest absolute Gasteiger partial charge is 0.384 e. The van der Waals surface area contributed by atoms with E-state index in [9.17, 15) is 0 Å². The molecule has 7 heteroatoms. The molecule has 124 valence electrons. The van der Waals surface area contributed by atoms with E-state index in [-0.39, 0.29) is 17.6 Å². The van der Waals surface area contributed by atoms with Crippen molar-refractivity contribution in [2.75, 3.05) is 12.3 Å². The number of aromatic nitrogens is 3. The minimum Gasteiger partial charge on any atom is -0.384 e. The number of hydrogen-bond acceptors (Lipinski definition) is 4. The van der Waals surface area contributed by atoms with Crippen molar-refractivity contribution in [3.05, 3.63) is 41.3 Å². The van der Waals surface area contributed by atoms with Gasteiger partial charge in [-0.15, -0.1) is 0 Å². The maximum Gasteiger partial charge on any atom is 0.158 e. The first kappa shape index (κ1) is 15.4. The summed E-state index contributed by atoms with van der Waals surface area (Å²) >= 11 is 6.14. The number of rotatable bonds is 2. The van der Waals surface area contributed by atoms with Gasteiger partial charge in [0.05, 0.1) is 10.7 Å². The lowest BCUT2D eigenvalue weighted by Crippen LogP contribution is -2.20. The van der Waals surface area contributed by atoms with Crippen LogP contribution in [0.25, 0.3) is 22.2 Å². The molecule has 1 saturated heterocycles. The summed E-state index contributed by atoms with van der Waals surface area (Å²) in [6, 6.07) is 6.73. The number of hydrogen-bond donors (Lipinski definition) is 1. The van der Waals surface area contributed by atoms with Crippen molar-refractivity contribution >= 4 is 28.3 Å². The Morgan fingerprint density at radius 2 is 2.17 bits per heavy atom. The molecule has 5 nitrogen and oxygen atoms in total. The molecule has 3 heterocycles. The van der Waals surface area contributed by atoms with Gasteiger partial charge in [-0.05, 0) is 37.5 Å². The number of benzene rings is 1. The summed E-state index contributed by atoms with van der Waals surface area (Å²) in [6.07, 6.45) is 4.45. The third-order valence-electron chi connectivity index (χ3n) is 4.26. The molecule has 1 aliphatic rings. The zero-order chi connectivity index (χ0) is 16.7. The van der Waals surface area contributed by atoms with Crippen molar-refractivity contribution in [2.45, 2.75) is 25.5 Å². The van der Waals surface area contributed by atoms with Crippen LogP contribution in [0.1, 0.15) is 25.5 Å². The SMILES string of the molecule is Nc1cc(Cl)c2ccc(-c3ccnn3C3CCCCO3)c(F)c2n1. The molecule has 2 aromatic heterocycles. The summed E-state index contributed by atoms with van der Waals surface area (Å²) in [5.74, 6) is -0.271. The van der Waals surface area contributed by atoms with Crippen LogP contribution in [0.15, 0.2) is 30.5 Å². The van der Waals surface area contributed by atoms with Crippen LogP contribution in [0.3, 0.4) is 0 Å². The fourth-order valence-electron chi connectivity index (χ4n) is 3.11. The van der Waals surface area contributed by atoms with Gasteiger partial charge >= 0.3 is 0 Å². The highest BCUT2D eigenvalue weighted by Crippen LogP contribution is 2.34. The molecule has 1 unspecified atom stereocenters. The Morgan fingerprint density at radius 3 is 2.96 bits per heavy atom. The molecule has 0 bridgehead atoms. The summed E-state index contributed by atoms with van der Waals surface area (Å²) in [5, 5.41) is 5.24. The Kier molecular flexibility index (Phi) is 3.86. The van der Waals surface area contributed by atoms with E-state index < -0.39 is 5.82 Å². The number of anilines is 1. The topological polar surface area (TPSA) is 66.0 Å². The molecule has 24 heavy (non-hydrogen) atoms. The van der Waals surface area contributed by atoms with Crippen LogP contribution in [0.5, 0.6) is 0 Å². The van der Waals surface area contributed by atoms with Crippen molar-refractivity contribution in [3.63, 3.8) is 0 Å². The normalized spacial score (nSPS) is 18.2. The lowest BCUT2D eigenvalue weighted by molar-refractivity contribution is -0.0383. The second kappa shape index (κ2) is 6.03. The van der Waals surface area contributed by atoms with Gasteiger partial charge in [-0.25, -0.2) is 14.1 Å². The number of pyridine rings is 1. The summed E-state index contributed by atoms with van der Waals surface area (Å²) in [6.45, 7) is 0.692. The Balaban J connectivity index is 1.86. The molecule has 1 fully saturated rings. The molecule has 0 saturated carbocycles. The number of nitrogens with zero attached hydrogens (tertiary/aromatic N) is 3. The lowest BCUT2D eigenvalue weighted by atomic mass is 10.1. The van der Waals surface area contributed by atoms with Crippen LogP contribution in [-0.2, 0) is 4.74 Å². The number of nitrogen functional groups attached to an aromatic ring is 1. The van der Waals surface area contributed by atoms with Gasteiger partial charge in [0.25, 0.3) is 0 Å². The number of halogens is 2. The van der Waals surface area contributed by atoms with Gasteiger partial charge < -0.3 is 10.5 Å². The van der Waals surface area contributed by atoms with Crippen LogP contribution in [0.2, 0.25) is 5.02 Å². The van der Waals surface area contributed by atoms with Crippen LogP contribution >= 0.6 is 11.6 Å². The highest BCUT2D eigenvalue weighted by Gasteiger charge is 2.22. The molecular formula is C17H16ClFN4O. The van der Waals surface area contributed by atoms with Crippen LogP contribution < -0.4 is 5.73 Å². The monoisotopic (exact) mass is 346 g/mol. The van der Waals surface area contributed by atoms with Crippen LogP contribution in [-0.4, -0.2) is 21.4 Å². The van der Waals surface area contributed by atoms with E-state index >= 15 is 4.39 Å². The highest BCUT2D eigenvalue weighted by atomic mass is 35.5. The Hall–Kier alpha value is -2.18. The first-order chi connectivity index (χ1) is 11.6. The van der Waals surface area contributed by atoms with Gasteiger partial charge in [0.2, 0.25) is 0 Å². The first-order valence-electron chi connectivity index (χ1n) is 7.85. The predicted molar refractivity (Wildman–Crippen MR) is 91.2 cm³/mol. The fourth-order valence-corrected chi connectivity index (χ4v) is 3.37. The summed E-state index contributed by atoms with van der Waals surface area (Å²) in [4.78, 5) is 4.11. The smallest absolute Gasteiger partial charge is 0.158 e. The van der Waals surface area contributed by atoms with E-state index in [0.717, 1.165) is 19.3 Å². The molecule has 0 spiro atoms. The highest BCUT2D eigenvalue weighted by molar-refractivity contribution is 6.35. The van der Waals surface area contributed by atoms with Crippen molar-refractivity contribution in [1.29, 1.82) is 0 Å². The number of ether oxygens (including phenoxy) is 1. The van der Waals surface area contributed by atoms with Crippen molar-refractivity contribution in [1.82, 2.24) is 14.8 Å². The van der Waals surface area contributed by atoms with E-state index in [4.69, 9.17) is 22.1 Å². The molecule has 1 aromatic carbocycles. The van der Waals surface area contributed by atoms with E-state index in [1.54, 1.807) is 29.1 Å². The van der Waals surface area contributed by atoms with Gasteiger partial charge in [0, 0.05) is 23.8 Å². The van der Waals surface area contributed by atoms with E-state index in [2.05, 4.69) is 10.1 Å². The zero-order valence-electron chi connectivity index (χ0n) is 12.9. The Labute approximate surface area is 143 Å². The molecular weight excluding hydrogens is 331 g/mol. The fraction of sp³-hybridized carbons (Fsp3) is 0.294. The third-order valence-corrected chi connectivity index (χ3v) is 4.58. The third kappa shape index (κ3) is 2.52. The quantitative estimate of drug-likeness (QED) is 0.756. The summed E-state index contributed by atoms with van der Waals surface area (Å²) in [7, 11) is 0. The van der Waals surface area contributed by atoms with E-state index in [1.807, 2.05) is 0 Å². The molecule has 4 rings (SSSR count). The maximum atomic E-state index is 15.1. The van der Waals surface area contributed by atoms with Crippen LogP contribution in [0.4, 0.5) is 10.2 Å². The molecule has 1 atom stereocenters. The molecule has 2 N–H and O–H groups in total. The van der Waals surface area contributed by atoms with Crippen molar-refractivity contribution in [3.8, 4) is 11.3 Å². The summed E-state index contributed by atoms with van der Waals surface area (Å²) < 4.78 is 22.6. The second-order valence-corrected chi connectivity index (χ2v) is 6.24. The zero-order valence-corrected chi connectivity index (χ0v) is 13.6. The second-order valence-electron chi connectivity index (χ2n) is 5.83. The molecule has 0 amide bonds. The Morgan fingerprint density at radius 1 is 1.29 bits per heavy atom. The first-order valence-corrected chi connectivity index (χ1v) is 8.22. The van der Waals surface area contributed by atoms with Crippen LogP contribution in [0, 0.1) is 5.82 Å². The number of fused-ring (bicyclic) bond motifs is 1. The van der Waals surface area contributed by atoms with E-state index in [0.29, 0.717) is 28.3 Å². The standard InChI is InChI=1S/C17H16ClFN4O/c18-12-9-14(20)22-17-10(12)4-5-11(16(17)19)13-6-7-21-23(13)15-3-1-2-8-24-15/h4-7,9,15H,1-3,8H2,(H2,20,22).